The molecule has 8 heteroatoms. The van der Waals surface area contributed by atoms with Crippen molar-refractivity contribution in [3.63, 3.8) is 0 Å². The fraction of sp³-hybridized carbons (Fsp3) is 0.632. The molecule has 1 heterocycles. The van der Waals surface area contributed by atoms with Crippen LogP contribution in [-0.4, -0.2) is 55.6 Å². The largest absolute Gasteiger partial charge is 0.369 e. The summed E-state index contributed by atoms with van der Waals surface area (Å²) >= 11 is 0. The number of carbonyl (C=O) groups excluding carboxylic acids is 1. The Kier molecular flexibility index (Phi) is 12.3. The van der Waals surface area contributed by atoms with E-state index in [1.54, 1.807) is 0 Å². The van der Waals surface area contributed by atoms with Crippen LogP contribution in [0.15, 0.2) is 30.3 Å². The van der Waals surface area contributed by atoms with Crippen molar-refractivity contribution in [3.8, 4) is 0 Å². The van der Waals surface area contributed by atoms with E-state index in [2.05, 4.69) is 45.4 Å². The summed E-state index contributed by atoms with van der Waals surface area (Å²) in [4.78, 5) is 17.1. The summed E-state index contributed by atoms with van der Waals surface area (Å²) in [6.07, 6.45) is 4.82. The fourth-order valence-corrected chi connectivity index (χ4v) is 3.78. The maximum atomic E-state index is 12.2. The van der Waals surface area contributed by atoms with Gasteiger partial charge in [-0.25, -0.2) is 0 Å². The molecular formula is C19H33Cl3N4O. The average molecular weight is 440 g/mol. The van der Waals surface area contributed by atoms with Gasteiger partial charge in [-0.3, -0.25) is 9.69 Å². The molecule has 3 rings (SSSR count). The summed E-state index contributed by atoms with van der Waals surface area (Å²) < 4.78 is 0. The van der Waals surface area contributed by atoms with Gasteiger partial charge in [-0.15, -0.1) is 37.2 Å². The molecule has 1 aromatic rings. The smallest absolute Gasteiger partial charge is 0.240 e. The standard InChI is InChI=1S/C19H30N4O.3ClH/c20-19(9-4-5-10-19)18(24)21-11-6-12-22-13-15-23(16-14-22)17-7-2-1-3-8-17;;;/h1-3,7-8H,4-6,9-16,20H2,(H,21,24);3*1H. The van der Waals surface area contributed by atoms with Crippen molar-refractivity contribution < 1.29 is 4.79 Å². The first-order chi connectivity index (χ1) is 11.7. The molecule has 1 aliphatic carbocycles. The van der Waals surface area contributed by atoms with Crippen LogP contribution < -0.4 is 16.0 Å². The van der Waals surface area contributed by atoms with E-state index in [-0.39, 0.29) is 43.1 Å². The molecule has 1 saturated carbocycles. The number of nitrogens with zero attached hydrogens (tertiary/aromatic N) is 2. The molecule has 0 atom stereocenters. The third-order valence-electron chi connectivity index (χ3n) is 5.38. The van der Waals surface area contributed by atoms with Crippen LogP contribution in [0.1, 0.15) is 32.1 Å². The zero-order valence-electron chi connectivity index (χ0n) is 15.8. The van der Waals surface area contributed by atoms with E-state index >= 15 is 0 Å². The highest BCUT2D eigenvalue weighted by atomic mass is 35.5. The molecule has 2 fully saturated rings. The quantitative estimate of drug-likeness (QED) is 0.669. The fourth-order valence-electron chi connectivity index (χ4n) is 3.78. The molecule has 1 aliphatic heterocycles. The van der Waals surface area contributed by atoms with Crippen molar-refractivity contribution >= 4 is 48.8 Å². The highest BCUT2D eigenvalue weighted by Gasteiger charge is 2.36. The van der Waals surface area contributed by atoms with E-state index in [1.807, 2.05) is 0 Å². The Hall–Kier alpha value is -0.720. The van der Waals surface area contributed by atoms with Crippen LogP contribution in [0.4, 0.5) is 5.69 Å². The Bertz CT molecular complexity index is 533. The van der Waals surface area contributed by atoms with Crippen molar-refractivity contribution in [3.05, 3.63) is 30.3 Å². The molecule has 3 N–H and O–H groups in total. The van der Waals surface area contributed by atoms with Crippen molar-refractivity contribution in [2.24, 2.45) is 5.73 Å². The maximum Gasteiger partial charge on any atom is 0.240 e. The topological polar surface area (TPSA) is 61.6 Å². The predicted octanol–water partition coefficient (Wildman–Crippen LogP) is 2.85. The molecule has 1 saturated heterocycles. The van der Waals surface area contributed by atoms with Crippen LogP contribution >= 0.6 is 37.2 Å². The summed E-state index contributed by atoms with van der Waals surface area (Å²) in [6, 6.07) is 10.6. The molecule has 5 nitrogen and oxygen atoms in total. The third kappa shape index (κ3) is 7.31. The van der Waals surface area contributed by atoms with Crippen molar-refractivity contribution in [1.82, 2.24) is 10.2 Å². The maximum absolute atomic E-state index is 12.2. The molecule has 27 heavy (non-hydrogen) atoms. The van der Waals surface area contributed by atoms with E-state index in [9.17, 15) is 4.79 Å². The first-order valence-corrected chi connectivity index (χ1v) is 9.27. The SMILES string of the molecule is Cl.Cl.Cl.NC1(C(=O)NCCCN2CCN(c3ccccc3)CC2)CCCC1. The molecule has 0 bridgehead atoms. The summed E-state index contributed by atoms with van der Waals surface area (Å²) in [5.41, 5.74) is 6.89. The van der Waals surface area contributed by atoms with Crippen LogP contribution in [0.2, 0.25) is 0 Å². The lowest BCUT2D eigenvalue weighted by Gasteiger charge is -2.36. The van der Waals surface area contributed by atoms with Crippen molar-refractivity contribution in [2.45, 2.75) is 37.6 Å². The lowest BCUT2D eigenvalue weighted by molar-refractivity contribution is -0.126. The number of para-hydroxylation sites is 1. The number of benzene rings is 1. The highest BCUT2D eigenvalue weighted by molar-refractivity contribution is 5.86. The van der Waals surface area contributed by atoms with Crippen LogP contribution in [0.25, 0.3) is 0 Å². The van der Waals surface area contributed by atoms with Gasteiger partial charge in [0.25, 0.3) is 0 Å². The molecule has 156 valence electrons. The molecule has 0 spiro atoms. The summed E-state index contributed by atoms with van der Waals surface area (Å²) in [7, 11) is 0. The monoisotopic (exact) mass is 438 g/mol. The van der Waals surface area contributed by atoms with Crippen LogP contribution in [-0.2, 0) is 4.79 Å². The summed E-state index contributed by atoms with van der Waals surface area (Å²) in [6.45, 7) is 6.09. The van der Waals surface area contributed by atoms with Gasteiger partial charge in [0.2, 0.25) is 5.91 Å². The number of piperazine rings is 1. The Morgan fingerprint density at radius 2 is 1.59 bits per heavy atom. The number of hydrogen-bond acceptors (Lipinski definition) is 4. The number of hydrogen-bond donors (Lipinski definition) is 2. The van der Waals surface area contributed by atoms with Gasteiger partial charge < -0.3 is 16.0 Å². The first-order valence-electron chi connectivity index (χ1n) is 9.27. The average Bonchev–Trinajstić information content (AvgIpc) is 3.08. The van der Waals surface area contributed by atoms with Gasteiger partial charge in [0.1, 0.15) is 0 Å². The number of anilines is 1. The molecule has 0 aromatic heterocycles. The third-order valence-corrected chi connectivity index (χ3v) is 5.38. The van der Waals surface area contributed by atoms with Crippen LogP contribution in [0.3, 0.4) is 0 Å². The van der Waals surface area contributed by atoms with Crippen molar-refractivity contribution in [2.75, 3.05) is 44.2 Å². The first kappa shape index (κ1) is 26.3. The van der Waals surface area contributed by atoms with Gasteiger partial charge in [-0.05, 0) is 37.9 Å². The number of rotatable bonds is 6. The van der Waals surface area contributed by atoms with Gasteiger partial charge in [0.05, 0.1) is 5.54 Å². The van der Waals surface area contributed by atoms with Gasteiger partial charge in [-0.1, -0.05) is 31.0 Å². The predicted molar refractivity (Wildman–Crippen MR) is 120 cm³/mol. The van der Waals surface area contributed by atoms with Gasteiger partial charge in [-0.2, -0.15) is 0 Å². The second-order valence-electron chi connectivity index (χ2n) is 7.14. The zero-order chi connectivity index (χ0) is 16.8. The van der Waals surface area contributed by atoms with Crippen LogP contribution in [0, 0.1) is 0 Å². The second-order valence-corrected chi connectivity index (χ2v) is 7.14. The molecule has 1 aromatic carbocycles. The number of nitrogens with one attached hydrogen (secondary N) is 1. The molecule has 0 radical (unpaired) electrons. The number of halogens is 3. The Morgan fingerprint density at radius 1 is 1.00 bits per heavy atom. The van der Waals surface area contributed by atoms with Crippen LogP contribution in [0.5, 0.6) is 0 Å². The second kappa shape index (κ2) is 12.7. The zero-order valence-corrected chi connectivity index (χ0v) is 18.2. The van der Waals surface area contributed by atoms with E-state index in [0.29, 0.717) is 0 Å². The molecular weight excluding hydrogens is 407 g/mol. The minimum Gasteiger partial charge on any atom is -0.369 e. The Balaban J connectivity index is 0.00000225. The lowest BCUT2D eigenvalue weighted by Crippen LogP contribution is -2.52. The lowest BCUT2D eigenvalue weighted by atomic mass is 9.98. The summed E-state index contributed by atoms with van der Waals surface area (Å²) in [5.74, 6) is 0.0499. The normalized spacial score (nSPS) is 18.6. The summed E-state index contributed by atoms with van der Waals surface area (Å²) in [5, 5.41) is 3.04. The molecule has 2 aliphatic rings. The van der Waals surface area contributed by atoms with E-state index in [4.69, 9.17) is 5.73 Å². The molecule has 0 unspecified atom stereocenters. The van der Waals surface area contributed by atoms with E-state index in [1.165, 1.54) is 5.69 Å². The number of nitrogens with two attached hydrogens (primary N) is 1. The van der Waals surface area contributed by atoms with Gasteiger partial charge in [0, 0.05) is 38.4 Å². The van der Waals surface area contributed by atoms with E-state index in [0.717, 1.165) is 71.4 Å². The highest BCUT2D eigenvalue weighted by Crippen LogP contribution is 2.27. The number of amides is 1. The number of carbonyl (C=O) groups is 1. The van der Waals surface area contributed by atoms with Crippen molar-refractivity contribution in [1.29, 1.82) is 0 Å². The van der Waals surface area contributed by atoms with Gasteiger partial charge >= 0.3 is 0 Å². The molecule has 1 amide bonds. The Morgan fingerprint density at radius 3 is 2.19 bits per heavy atom. The van der Waals surface area contributed by atoms with E-state index < -0.39 is 5.54 Å². The minimum absolute atomic E-state index is 0. The Labute approximate surface area is 181 Å². The van der Waals surface area contributed by atoms with Gasteiger partial charge in [0.15, 0.2) is 0 Å². The minimum atomic E-state index is -0.596.